The van der Waals surface area contributed by atoms with Crippen molar-refractivity contribution >= 4 is 27.7 Å². The highest BCUT2D eigenvalue weighted by Gasteiger charge is 2.47. The van der Waals surface area contributed by atoms with Crippen LogP contribution in [0.3, 0.4) is 0 Å². The number of halogens is 1. The molecule has 1 aliphatic carbocycles. The van der Waals surface area contributed by atoms with Crippen molar-refractivity contribution in [1.29, 1.82) is 0 Å². The van der Waals surface area contributed by atoms with Crippen molar-refractivity contribution in [2.45, 2.75) is 70.4 Å². The summed E-state index contributed by atoms with van der Waals surface area (Å²) >= 11 is 3.50. The van der Waals surface area contributed by atoms with Crippen LogP contribution < -0.4 is 0 Å². The summed E-state index contributed by atoms with van der Waals surface area (Å²) in [6.07, 6.45) is 9.46. The Kier molecular flexibility index (Phi) is 8.89. The highest BCUT2D eigenvalue weighted by molar-refractivity contribution is 9.10. The molecular formula is C32H42BrN3O2. The van der Waals surface area contributed by atoms with Crippen molar-refractivity contribution in [1.82, 2.24) is 14.7 Å². The Balaban J connectivity index is 1.17. The first-order valence-corrected chi connectivity index (χ1v) is 15.3. The molecule has 1 saturated carbocycles. The van der Waals surface area contributed by atoms with E-state index in [0.29, 0.717) is 18.4 Å². The van der Waals surface area contributed by atoms with Crippen LogP contribution in [0, 0.1) is 11.3 Å². The molecule has 3 fully saturated rings. The van der Waals surface area contributed by atoms with Gasteiger partial charge in [-0.1, -0.05) is 77.7 Å². The van der Waals surface area contributed by atoms with Crippen LogP contribution in [0.1, 0.15) is 75.0 Å². The minimum Gasteiger partial charge on any atom is -0.338 e. The van der Waals surface area contributed by atoms with E-state index in [-0.39, 0.29) is 17.4 Å². The largest absolute Gasteiger partial charge is 0.338 e. The van der Waals surface area contributed by atoms with E-state index in [2.05, 4.69) is 62.1 Å². The Morgan fingerprint density at radius 1 is 0.974 bits per heavy atom. The van der Waals surface area contributed by atoms with Crippen LogP contribution in [0.2, 0.25) is 0 Å². The second-order valence-corrected chi connectivity index (χ2v) is 12.6. The maximum Gasteiger partial charge on any atom is 0.229 e. The lowest BCUT2D eigenvalue weighted by Gasteiger charge is -2.39. The molecule has 3 aliphatic rings. The average molecular weight is 581 g/mol. The molecule has 1 unspecified atom stereocenters. The van der Waals surface area contributed by atoms with E-state index in [1.807, 2.05) is 30.1 Å². The third kappa shape index (κ3) is 6.17. The van der Waals surface area contributed by atoms with Crippen LogP contribution >= 0.6 is 15.9 Å². The Hall–Kier alpha value is -2.18. The van der Waals surface area contributed by atoms with Crippen molar-refractivity contribution in [2.75, 3.05) is 33.2 Å². The zero-order valence-corrected chi connectivity index (χ0v) is 24.4. The minimum absolute atomic E-state index is 0.0935. The van der Waals surface area contributed by atoms with Gasteiger partial charge in [0.1, 0.15) is 0 Å². The van der Waals surface area contributed by atoms with E-state index in [0.717, 1.165) is 69.2 Å². The quantitative estimate of drug-likeness (QED) is 0.361. The molecule has 2 aromatic rings. The van der Waals surface area contributed by atoms with Gasteiger partial charge in [0.15, 0.2) is 0 Å². The average Bonchev–Trinajstić information content (AvgIpc) is 3.25. The molecule has 204 valence electrons. The number of benzene rings is 2. The van der Waals surface area contributed by atoms with Crippen LogP contribution in [0.15, 0.2) is 59.1 Å². The molecule has 2 amide bonds. The number of nitrogens with zero attached hydrogens (tertiary/aromatic N) is 3. The maximum absolute atomic E-state index is 13.5. The lowest BCUT2D eigenvalue weighted by Crippen LogP contribution is -2.45. The summed E-state index contributed by atoms with van der Waals surface area (Å²) in [6.45, 7) is 4.44. The van der Waals surface area contributed by atoms with Gasteiger partial charge in [-0.15, -0.1) is 0 Å². The minimum atomic E-state index is -0.182. The molecule has 2 aliphatic heterocycles. The van der Waals surface area contributed by atoms with Crippen molar-refractivity contribution in [3.8, 4) is 0 Å². The molecule has 0 N–H and O–H groups in total. The van der Waals surface area contributed by atoms with Gasteiger partial charge in [0.05, 0.1) is 11.5 Å². The van der Waals surface area contributed by atoms with Crippen LogP contribution in [0.4, 0.5) is 0 Å². The van der Waals surface area contributed by atoms with Gasteiger partial charge in [-0.05, 0) is 74.9 Å². The molecule has 1 atom stereocenters. The molecule has 5 nitrogen and oxygen atoms in total. The molecule has 2 aromatic carbocycles. The number of piperidine rings is 1. The number of carbonyl (C=O) groups excluding carboxylic acids is 2. The maximum atomic E-state index is 13.5. The topological polar surface area (TPSA) is 43.9 Å². The van der Waals surface area contributed by atoms with Gasteiger partial charge in [0.25, 0.3) is 0 Å². The van der Waals surface area contributed by atoms with Crippen molar-refractivity contribution < 1.29 is 9.59 Å². The number of likely N-dealkylation sites (tertiary alicyclic amines) is 2. The highest BCUT2D eigenvalue weighted by atomic mass is 79.9. The summed E-state index contributed by atoms with van der Waals surface area (Å²) in [4.78, 5) is 33.5. The van der Waals surface area contributed by atoms with Crippen molar-refractivity contribution in [3.05, 3.63) is 70.2 Å². The van der Waals surface area contributed by atoms with E-state index in [9.17, 15) is 9.59 Å². The summed E-state index contributed by atoms with van der Waals surface area (Å²) in [5, 5.41) is 0. The SMILES string of the molecule is CN(C(=O)C1CCCCC1)C(CCN1CCC2(CC1)CCN(Cc1ccc(Br)cc1)C2=O)c1ccccc1. The van der Waals surface area contributed by atoms with E-state index in [1.54, 1.807) is 0 Å². The summed E-state index contributed by atoms with van der Waals surface area (Å²) in [7, 11) is 2.01. The van der Waals surface area contributed by atoms with E-state index in [1.165, 1.54) is 30.4 Å². The fraction of sp³-hybridized carbons (Fsp3) is 0.562. The molecule has 2 heterocycles. The first-order valence-electron chi connectivity index (χ1n) is 14.5. The molecule has 2 saturated heterocycles. The Morgan fingerprint density at radius 2 is 1.63 bits per heavy atom. The van der Waals surface area contributed by atoms with Gasteiger partial charge >= 0.3 is 0 Å². The first kappa shape index (κ1) is 27.4. The third-order valence-electron chi connectivity index (χ3n) is 9.37. The number of hydrogen-bond donors (Lipinski definition) is 0. The van der Waals surface area contributed by atoms with Gasteiger partial charge in [0, 0.05) is 37.1 Å². The molecule has 1 spiro atoms. The number of carbonyl (C=O) groups is 2. The molecule has 38 heavy (non-hydrogen) atoms. The number of rotatable bonds is 8. The van der Waals surface area contributed by atoms with E-state index >= 15 is 0 Å². The fourth-order valence-corrected chi connectivity index (χ4v) is 7.14. The van der Waals surface area contributed by atoms with Crippen LogP contribution in [0.25, 0.3) is 0 Å². The third-order valence-corrected chi connectivity index (χ3v) is 9.90. The summed E-state index contributed by atoms with van der Waals surface area (Å²) < 4.78 is 1.07. The molecule has 0 bridgehead atoms. The van der Waals surface area contributed by atoms with Gasteiger partial charge in [-0.2, -0.15) is 0 Å². The zero-order chi connectivity index (χ0) is 26.5. The zero-order valence-electron chi connectivity index (χ0n) is 22.8. The van der Waals surface area contributed by atoms with Crippen LogP contribution in [0.5, 0.6) is 0 Å². The van der Waals surface area contributed by atoms with Gasteiger partial charge in [-0.25, -0.2) is 0 Å². The van der Waals surface area contributed by atoms with E-state index < -0.39 is 0 Å². The van der Waals surface area contributed by atoms with Crippen LogP contribution in [-0.2, 0) is 16.1 Å². The van der Waals surface area contributed by atoms with Gasteiger partial charge in [-0.3, -0.25) is 9.59 Å². The number of amides is 2. The second-order valence-electron chi connectivity index (χ2n) is 11.7. The predicted octanol–water partition coefficient (Wildman–Crippen LogP) is 6.43. The fourth-order valence-electron chi connectivity index (χ4n) is 6.88. The first-order chi connectivity index (χ1) is 18.4. The standard InChI is InChI=1S/C32H42BrN3O2/c1-34(30(37)27-10-6-3-7-11-27)29(26-8-4-2-5-9-26)16-20-35-21-17-32(18-22-35)19-23-36(31(32)38)24-25-12-14-28(33)15-13-25/h2,4-5,8-9,12-15,27,29H,3,6-7,10-11,16-24H2,1H3. The number of hydrogen-bond acceptors (Lipinski definition) is 3. The van der Waals surface area contributed by atoms with Gasteiger partial charge < -0.3 is 14.7 Å². The lowest BCUT2D eigenvalue weighted by atomic mass is 9.77. The summed E-state index contributed by atoms with van der Waals surface area (Å²) in [5.41, 5.74) is 2.23. The second kappa shape index (κ2) is 12.3. The molecule has 0 aromatic heterocycles. The Morgan fingerprint density at radius 3 is 2.32 bits per heavy atom. The summed E-state index contributed by atoms with van der Waals surface area (Å²) in [5.74, 6) is 0.849. The Labute approximate surface area is 236 Å². The van der Waals surface area contributed by atoms with Gasteiger partial charge in [0.2, 0.25) is 11.8 Å². The smallest absolute Gasteiger partial charge is 0.229 e. The van der Waals surface area contributed by atoms with E-state index in [4.69, 9.17) is 0 Å². The highest BCUT2D eigenvalue weighted by Crippen LogP contribution is 2.42. The van der Waals surface area contributed by atoms with Crippen molar-refractivity contribution in [2.24, 2.45) is 11.3 Å². The van der Waals surface area contributed by atoms with Crippen molar-refractivity contribution in [3.63, 3.8) is 0 Å². The summed E-state index contributed by atoms with van der Waals surface area (Å²) in [6, 6.07) is 18.9. The molecular weight excluding hydrogens is 538 g/mol. The Bertz CT molecular complexity index is 1080. The molecule has 5 rings (SSSR count). The normalized spacial score (nSPS) is 21.1. The predicted molar refractivity (Wildman–Crippen MR) is 155 cm³/mol. The lowest BCUT2D eigenvalue weighted by molar-refractivity contribution is -0.139. The monoisotopic (exact) mass is 579 g/mol. The van der Waals surface area contributed by atoms with Crippen LogP contribution in [-0.4, -0.2) is 59.7 Å². The molecule has 0 radical (unpaired) electrons. The molecule has 6 heteroatoms.